The van der Waals surface area contributed by atoms with Gasteiger partial charge in [0.05, 0.1) is 20.4 Å². The van der Waals surface area contributed by atoms with E-state index in [2.05, 4.69) is 31.8 Å². The minimum absolute atomic E-state index is 0.127. The zero-order valence-electron chi connectivity index (χ0n) is 13.0. The molecule has 24 heavy (non-hydrogen) atoms. The first kappa shape index (κ1) is 18.0. The summed E-state index contributed by atoms with van der Waals surface area (Å²) in [6, 6.07) is 10.4. The molecule has 2 aromatic carbocycles. The number of phenolic OH excluding ortho intramolecular Hbond substituents is 1. The van der Waals surface area contributed by atoms with Gasteiger partial charge < -0.3 is 19.9 Å². The van der Waals surface area contributed by atoms with E-state index in [0.717, 1.165) is 10.2 Å². The monoisotopic (exact) mass is 409 g/mol. The molecule has 0 saturated carbocycles. The molecular formula is C16H16BrN3O3S. The van der Waals surface area contributed by atoms with E-state index < -0.39 is 0 Å². The quantitative estimate of drug-likeness (QED) is 0.398. The number of anilines is 1. The van der Waals surface area contributed by atoms with Crippen LogP contribution in [-0.2, 0) is 0 Å². The van der Waals surface area contributed by atoms with E-state index >= 15 is 0 Å². The third-order valence-electron chi connectivity index (χ3n) is 3.00. The smallest absolute Gasteiger partial charge is 0.191 e. The largest absolute Gasteiger partial charge is 0.507 e. The molecule has 3 N–H and O–H groups in total. The van der Waals surface area contributed by atoms with Crippen LogP contribution < -0.4 is 20.2 Å². The summed E-state index contributed by atoms with van der Waals surface area (Å²) in [5.74, 6) is 1.35. The van der Waals surface area contributed by atoms with E-state index in [1.165, 1.54) is 6.21 Å². The van der Waals surface area contributed by atoms with E-state index in [0.29, 0.717) is 22.2 Å². The van der Waals surface area contributed by atoms with Crippen molar-refractivity contribution in [3.8, 4) is 17.2 Å². The van der Waals surface area contributed by atoms with Crippen molar-refractivity contribution in [3.63, 3.8) is 0 Å². The molecule has 0 amide bonds. The van der Waals surface area contributed by atoms with Crippen LogP contribution in [0, 0.1) is 0 Å². The van der Waals surface area contributed by atoms with E-state index in [1.807, 2.05) is 0 Å². The Bertz CT molecular complexity index is 768. The number of methoxy groups -OCH3 is 2. The van der Waals surface area contributed by atoms with Crippen LogP contribution in [0.2, 0.25) is 0 Å². The number of ether oxygens (including phenoxy) is 2. The summed E-state index contributed by atoms with van der Waals surface area (Å²) in [7, 11) is 3.14. The van der Waals surface area contributed by atoms with Crippen molar-refractivity contribution in [2.75, 3.05) is 19.5 Å². The molecular weight excluding hydrogens is 394 g/mol. The second-order valence-electron chi connectivity index (χ2n) is 4.60. The number of hydrogen-bond acceptors (Lipinski definition) is 5. The fourth-order valence-electron chi connectivity index (χ4n) is 1.86. The number of hydrogen-bond donors (Lipinski definition) is 3. The number of halogens is 1. The fourth-order valence-corrected chi connectivity index (χ4v) is 2.41. The highest BCUT2D eigenvalue weighted by Gasteiger charge is 2.05. The lowest BCUT2D eigenvalue weighted by Gasteiger charge is -2.11. The SMILES string of the molecule is COc1ccc(NC(=S)N/N=C/c2cc(Br)ccc2O)cc1OC. The second kappa shape index (κ2) is 8.51. The van der Waals surface area contributed by atoms with Crippen molar-refractivity contribution >= 4 is 45.2 Å². The molecule has 0 aliphatic carbocycles. The van der Waals surface area contributed by atoms with Crippen LogP contribution in [0.4, 0.5) is 5.69 Å². The highest BCUT2D eigenvalue weighted by Crippen LogP contribution is 2.29. The van der Waals surface area contributed by atoms with E-state index in [9.17, 15) is 5.11 Å². The number of aromatic hydroxyl groups is 1. The predicted molar refractivity (Wildman–Crippen MR) is 102 cm³/mol. The molecule has 0 spiro atoms. The summed E-state index contributed by atoms with van der Waals surface area (Å²) in [5, 5.41) is 17.0. The first-order chi connectivity index (χ1) is 11.5. The van der Waals surface area contributed by atoms with Gasteiger partial charge in [-0.25, -0.2) is 0 Å². The van der Waals surface area contributed by atoms with Gasteiger partial charge >= 0.3 is 0 Å². The summed E-state index contributed by atoms with van der Waals surface area (Å²) in [6.45, 7) is 0. The minimum atomic E-state index is 0.127. The number of nitrogens with one attached hydrogen (secondary N) is 2. The summed E-state index contributed by atoms with van der Waals surface area (Å²) in [4.78, 5) is 0. The standard InChI is InChI=1S/C16H16BrN3O3S/c1-22-14-6-4-12(8-15(14)23-2)19-16(24)20-18-9-10-7-11(17)3-5-13(10)21/h3-9,21H,1-2H3,(H2,19,20,24)/b18-9+. The molecule has 0 heterocycles. The lowest BCUT2D eigenvalue weighted by atomic mass is 10.2. The van der Waals surface area contributed by atoms with Crippen LogP contribution in [0.3, 0.4) is 0 Å². The number of rotatable bonds is 5. The number of thiocarbonyl (C=S) groups is 1. The zero-order valence-corrected chi connectivity index (χ0v) is 15.4. The van der Waals surface area contributed by atoms with Crippen LogP contribution in [-0.4, -0.2) is 30.7 Å². The summed E-state index contributed by atoms with van der Waals surface area (Å²) in [6.07, 6.45) is 1.47. The summed E-state index contributed by atoms with van der Waals surface area (Å²) < 4.78 is 11.3. The third-order valence-corrected chi connectivity index (χ3v) is 3.69. The average Bonchev–Trinajstić information content (AvgIpc) is 2.57. The van der Waals surface area contributed by atoms with E-state index in [1.54, 1.807) is 50.6 Å². The van der Waals surface area contributed by atoms with Gasteiger partial charge in [0.25, 0.3) is 0 Å². The maximum absolute atomic E-state index is 9.73. The normalized spacial score (nSPS) is 10.5. The first-order valence-electron chi connectivity index (χ1n) is 6.84. The van der Waals surface area contributed by atoms with Crippen LogP contribution in [0.15, 0.2) is 46.0 Å². The molecule has 0 atom stereocenters. The molecule has 6 nitrogen and oxygen atoms in total. The number of benzene rings is 2. The lowest BCUT2D eigenvalue weighted by Crippen LogP contribution is -2.23. The molecule has 0 aliphatic heterocycles. The van der Waals surface area contributed by atoms with Gasteiger partial charge in [0.2, 0.25) is 0 Å². The first-order valence-corrected chi connectivity index (χ1v) is 8.04. The molecule has 0 fully saturated rings. The zero-order chi connectivity index (χ0) is 17.5. The Morgan fingerprint density at radius 2 is 1.92 bits per heavy atom. The Kier molecular flexibility index (Phi) is 6.39. The van der Waals surface area contributed by atoms with Crippen LogP contribution >= 0.6 is 28.1 Å². The van der Waals surface area contributed by atoms with Gasteiger partial charge in [-0.1, -0.05) is 15.9 Å². The van der Waals surface area contributed by atoms with Gasteiger partial charge in [0.15, 0.2) is 16.6 Å². The molecule has 0 bridgehead atoms. The number of phenols is 1. The molecule has 0 radical (unpaired) electrons. The maximum atomic E-state index is 9.73. The van der Waals surface area contributed by atoms with Gasteiger partial charge in [0.1, 0.15) is 5.75 Å². The molecule has 2 aromatic rings. The summed E-state index contributed by atoms with van der Waals surface area (Å²) >= 11 is 8.50. The van der Waals surface area contributed by atoms with Crippen molar-refractivity contribution in [2.45, 2.75) is 0 Å². The van der Waals surface area contributed by atoms with E-state index in [4.69, 9.17) is 21.7 Å². The topological polar surface area (TPSA) is 75.1 Å². The fraction of sp³-hybridized carbons (Fsp3) is 0.125. The predicted octanol–water partition coefficient (Wildman–Crippen LogP) is 3.49. The highest BCUT2D eigenvalue weighted by atomic mass is 79.9. The molecule has 0 unspecified atom stereocenters. The van der Waals surface area contributed by atoms with Gasteiger partial charge in [0, 0.05) is 21.8 Å². The third kappa shape index (κ3) is 4.84. The van der Waals surface area contributed by atoms with E-state index in [-0.39, 0.29) is 5.75 Å². The average molecular weight is 410 g/mol. The molecule has 8 heteroatoms. The molecule has 126 valence electrons. The van der Waals surface area contributed by atoms with Crippen LogP contribution in [0.5, 0.6) is 17.2 Å². The van der Waals surface area contributed by atoms with Crippen molar-refractivity contribution in [1.29, 1.82) is 0 Å². The summed E-state index contributed by atoms with van der Waals surface area (Å²) in [5.41, 5.74) is 3.97. The molecule has 0 aliphatic rings. The van der Waals surface area contributed by atoms with Crippen LogP contribution in [0.25, 0.3) is 0 Å². The number of nitrogens with zero attached hydrogens (tertiary/aromatic N) is 1. The van der Waals surface area contributed by atoms with Crippen molar-refractivity contribution in [3.05, 3.63) is 46.4 Å². The van der Waals surface area contributed by atoms with Gasteiger partial charge in [-0.3, -0.25) is 5.43 Å². The Morgan fingerprint density at radius 1 is 1.17 bits per heavy atom. The molecule has 0 aromatic heterocycles. The Morgan fingerprint density at radius 3 is 2.62 bits per heavy atom. The molecule has 2 rings (SSSR count). The Hall–Kier alpha value is -2.32. The Labute approximate surface area is 153 Å². The van der Waals surface area contributed by atoms with Crippen molar-refractivity contribution < 1.29 is 14.6 Å². The Balaban J connectivity index is 1.98. The van der Waals surface area contributed by atoms with Gasteiger partial charge in [-0.2, -0.15) is 5.10 Å². The van der Waals surface area contributed by atoms with Crippen LogP contribution in [0.1, 0.15) is 5.56 Å². The highest BCUT2D eigenvalue weighted by molar-refractivity contribution is 9.10. The number of hydrazone groups is 1. The maximum Gasteiger partial charge on any atom is 0.191 e. The van der Waals surface area contributed by atoms with Gasteiger partial charge in [-0.05, 0) is 42.5 Å². The van der Waals surface area contributed by atoms with Crippen molar-refractivity contribution in [2.24, 2.45) is 5.10 Å². The lowest BCUT2D eigenvalue weighted by molar-refractivity contribution is 0.355. The van der Waals surface area contributed by atoms with Gasteiger partial charge in [-0.15, -0.1) is 0 Å². The molecule has 0 saturated heterocycles. The minimum Gasteiger partial charge on any atom is -0.507 e. The second-order valence-corrected chi connectivity index (χ2v) is 5.92. The van der Waals surface area contributed by atoms with Crippen molar-refractivity contribution in [1.82, 2.24) is 5.43 Å².